The SMILES string of the molecule is CN(C)c1cc(CN2CCCC2)c(O)c2c1CC1CC3CC(=O)C(C(N)=O)=C(O)C3C(=O)C1=C2O. The van der Waals surface area contributed by atoms with Crippen LogP contribution in [-0.4, -0.2) is 64.9 Å². The quantitative estimate of drug-likeness (QED) is 0.478. The van der Waals surface area contributed by atoms with Crippen molar-refractivity contribution in [3.05, 3.63) is 39.7 Å². The molecule has 4 aliphatic rings. The van der Waals surface area contributed by atoms with Crippen LogP contribution in [0.2, 0.25) is 0 Å². The van der Waals surface area contributed by atoms with Crippen molar-refractivity contribution >= 4 is 28.9 Å². The third kappa shape index (κ3) is 3.60. The van der Waals surface area contributed by atoms with E-state index in [1.807, 2.05) is 25.1 Å². The number of hydrogen-bond acceptors (Lipinski definition) is 8. The molecule has 1 saturated heterocycles. The molecule has 0 bridgehead atoms. The maximum Gasteiger partial charge on any atom is 0.255 e. The van der Waals surface area contributed by atoms with E-state index < -0.39 is 40.6 Å². The topological polar surface area (TPSA) is 144 Å². The standard InChI is InChI=1S/C26H31N3O6/c1-28(2)16-9-14(11-29-5-3-4-6-29)22(31)20-15(16)8-12-7-13-10-17(30)21(26(27)35)25(34)19(13)23(32)18(12)24(20)33/h9,12-13,19,31,33-34H,3-8,10-11H2,1-2H3,(H2,27,35). The van der Waals surface area contributed by atoms with Gasteiger partial charge < -0.3 is 26.0 Å². The average Bonchev–Trinajstić information content (AvgIpc) is 3.27. The number of likely N-dealkylation sites (tertiary alicyclic amines) is 1. The van der Waals surface area contributed by atoms with Crippen LogP contribution in [0.5, 0.6) is 5.75 Å². The molecule has 1 aliphatic heterocycles. The number of ketones is 2. The number of nitrogens with two attached hydrogens (primary N) is 1. The van der Waals surface area contributed by atoms with Gasteiger partial charge in [0.25, 0.3) is 5.91 Å². The van der Waals surface area contributed by atoms with Crippen LogP contribution < -0.4 is 10.6 Å². The minimum absolute atomic E-state index is 0.0349. The number of amides is 1. The number of aromatic hydroxyl groups is 1. The highest BCUT2D eigenvalue weighted by Crippen LogP contribution is 2.52. The van der Waals surface area contributed by atoms with Crippen molar-refractivity contribution < 1.29 is 29.7 Å². The highest BCUT2D eigenvalue weighted by Gasteiger charge is 2.51. The second kappa shape index (κ2) is 8.41. The first kappa shape index (κ1) is 23.4. The highest BCUT2D eigenvalue weighted by molar-refractivity contribution is 6.21. The number of primary amides is 1. The summed E-state index contributed by atoms with van der Waals surface area (Å²) in [6.07, 6.45) is 2.95. The zero-order valence-corrected chi connectivity index (χ0v) is 20.0. The number of aliphatic hydroxyl groups is 2. The van der Waals surface area contributed by atoms with Gasteiger partial charge in [0.1, 0.15) is 22.8 Å². The number of rotatable bonds is 4. The number of benzene rings is 1. The van der Waals surface area contributed by atoms with Gasteiger partial charge in [-0.15, -0.1) is 0 Å². The molecular formula is C26H31N3O6. The van der Waals surface area contributed by atoms with Gasteiger partial charge in [0.15, 0.2) is 11.6 Å². The number of hydrogen-bond donors (Lipinski definition) is 4. The number of fused-ring (bicyclic) bond motifs is 3. The molecule has 1 saturated carbocycles. The molecule has 9 nitrogen and oxygen atoms in total. The van der Waals surface area contributed by atoms with Crippen LogP contribution >= 0.6 is 0 Å². The van der Waals surface area contributed by atoms with Gasteiger partial charge in [0, 0.05) is 43.9 Å². The molecule has 1 heterocycles. The number of phenolic OH excluding ortho intramolecular Hbond substituents is 1. The Morgan fingerprint density at radius 3 is 2.46 bits per heavy atom. The molecule has 5 N–H and O–H groups in total. The molecule has 3 aliphatic carbocycles. The summed E-state index contributed by atoms with van der Waals surface area (Å²) >= 11 is 0. The third-order valence-electron chi connectivity index (χ3n) is 8.02. The Morgan fingerprint density at radius 2 is 1.83 bits per heavy atom. The highest BCUT2D eigenvalue weighted by atomic mass is 16.3. The second-order valence-electron chi connectivity index (χ2n) is 10.4. The zero-order valence-electron chi connectivity index (χ0n) is 20.0. The maximum atomic E-state index is 13.6. The fourth-order valence-corrected chi connectivity index (χ4v) is 6.44. The van der Waals surface area contributed by atoms with Gasteiger partial charge in [-0.3, -0.25) is 19.3 Å². The summed E-state index contributed by atoms with van der Waals surface area (Å²) in [6, 6.07) is 1.95. The molecule has 2 fully saturated rings. The molecule has 0 radical (unpaired) electrons. The van der Waals surface area contributed by atoms with Crippen LogP contribution in [0.15, 0.2) is 23.0 Å². The lowest BCUT2D eigenvalue weighted by molar-refractivity contribution is -0.127. The van der Waals surface area contributed by atoms with E-state index in [2.05, 4.69) is 4.90 Å². The summed E-state index contributed by atoms with van der Waals surface area (Å²) in [7, 11) is 3.80. The first-order valence-corrected chi connectivity index (χ1v) is 12.1. The second-order valence-corrected chi connectivity index (χ2v) is 10.4. The van der Waals surface area contributed by atoms with Gasteiger partial charge in [-0.25, -0.2) is 0 Å². The molecule has 1 aromatic rings. The molecule has 9 heteroatoms. The van der Waals surface area contributed by atoms with Crippen molar-refractivity contribution in [2.75, 3.05) is 32.1 Å². The van der Waals surface area contributed by atoms with Crippen LogP contribution in [0.4, 0.5) is 5.69 Å². The van der Waals surface area contributed by atoms with Crippen LogP contribution in [0.1, 0.15) is 42.4 Å². The Kier molecular flexibility index (Phi) is 5.62. The Bertz CT molecular complexity index is 1210. The number of Topliss-reactive ketones (excluding diaryl/α,β-unsaturated/α-hetero) is 2. The molecule has 35 heavy (non-hydrogen) atoms. The minimum atomic E-state index is -1.10. The Hall–Kier alpha value is -3.33. The molecular weight excluding hydrogens is 450 g/mol. The van der Waals surface area contributed by atoms with E-state index in [9.17, 15) is 29.7 Å². The van der Waals surface area contributed by atoms with E-state index in [-0.39, 0.29) is 35.0 Å². The Labute approximate surface area is 203 Å². The fraction of sp³-hybridized carbons (Fsp3) is 0.500. The van der Waals surface area contributed by atoms with Crippen molar-refractivity contribution in [1.29, 1.82) is 0 Å². The van der Waals surface area contributed by atoms with Crippen LogP contribution in [0.3, 0.4) is 0 Å². The lowest BCUT2D eigenvalue weighted by atomic mass is 9.61. The number of anilines is 1. The average molecular weight is 482 g/mol. The third-order valence-corrected chi connectivity index (χ3v) is 8.02. The largest absolute Gasteiger partial charge is 0.511 e. The number of aliphatic hydroxyl groups excluding tert-OH is 2. The van der Waals surface area contributed by atoms with E-state index in [4.69, 9.17) is 5.73 Å². The summed E-state index contributed by atoms with van der Waals surface area (Å²) < 4.78 is 0. The molecule has 5 rings (SSSR count). The summed E-state index contributed by atoms with van der Waals surface area (Å²) in [5.74, 6) is -5.01. The van der Waals surface area contributed by atoms with E-state index in [1.165, 1.54) is 0 Å². The van der Waals surface area contributed by atoms with Gasteiger partial charge >= 0.3 is 0 Å². The summed E-state index contributed by atoms with van der Waals surface area (Å²) in [5, 5.41) is 33.4. The van der Waals surface area contributed by atoms with Gasteiger partial charge in [0.2, 0.25) is 0 Å². The normalized spacial score (nSPS) is 26.5. The van der Waals surface area contributed by atoms with Gasteiger partial charge in [-0.1, -0.05) is 0 Å². The summed E-state index contributed by atoms with van der Waals surface area (Å²) in [5.41, 5.74) is 7.47. The molecule has 1 aromatic carbocycles. The molecule has 186 valence electrons. The van der Waals surface area contributed by atoms with Crippen molar-refractivity contribution in [3.8, 4) is 5.75 Å². The number of allylic oxidation sites excluding steroid dienone is 2. The van der Waals surface area contributed by atoms with E-state index in [1.54, 1.807) is 0 Å². The van der Waals surface area contributed by atoms with Crippen molar-refractivity contribution in [2.45, 2.75) is 38.6 Å². The van der Waals surface area contributed by atoms with Gasteiger partial charge in [-0.2, -0.15) is 0 Å². The van der Waals surface area contributed by atoms with Gasteiger partial charge in [-0.05, 0) is 62.2 Å². The monoisotopic (exact) mass is 481 g/mol. The van der Waals surface area contributed by atoms with Crippen molar-refractivity contribution in [2.24, 2.45) is 23.5 Å². The van der Waals surface area contributed by atoms with E-state index in [0.29, 0.717) is 24.9 Å². The zero-order chi connectivity index (χ0) is 25.2. The predicted molar refractivity (Wildman–Crippen MR) is 129 cm³/mol. The number of nitrogens with zero attached hydrogens (tertiary/aromatic N) is 2. The lowest BCUT2D eigenvalue weighted by Gasteiger charge is -2.41. The molecule has 0 spiro atoms. The van der Waals surface area contributed by atoms with Gasteiger partial charge in [0.05, 0.1) is 11.5 Å². The van der Waals surface area contributed by atoms with Crippen molar-refractivity contribution in [1.82, 2.24) is 4.90 Å². The van der Waals surface area contributed by atoms with E-state index in [0.717, 1.165) is 37.2 Å². The minimum Gasteiger partial charge on any atom is -0.511 e. The molecule has 0 aromatic heterocycles. The Morgan fingerprint density at radius 1 is 1.14 bits per heavy atom. The molecule has 1 amide bonds. The number of carbonyl (C=O) groups is 3. The van der Waals surface area contributed by atoms with Crippen LogP contribution in [0.25, 0.3) is 5.76 Å². The first-order chi connectivity index (χ1) is 16.6. The number of carbonyl (C=O) groups excluding carboxylic acids is 3. The Balaban J connectivity index is 1.64. The van der Waals surface area contributed by atoms with Crippen LogP contribution in [-0.2, 0) is 27.3 Å². The van der Waals surface area contributed by atoms with E-state index >= 15 is 0 Å². The van der Waals surface area contributed by atoms with Crippen molar-refractivity contribution in [3.63, 3.8) is 0 Å². The van der Waals surface area contributed by atoms with Crippen LogP contribution in [0, 0.1) is 17.8 Å². The summed E-state index contributed by atoms with van der Waals surface area (Å²) in [4.78, 5) is 42.0. The maximum absolute atomic E-state index is 13.6. The fourth-order valence-electron chi connectivity index (χ4n) is 6.44. The molecule has 3 atom stereocenters. The predicted octanol–water partition coefficient (Wildman–Crippen LogP) is 1.97. The number of phenols is 1. The summed E-state index contributed by atoms with van der Waals surface area (Å²) in [6.45, 7) is 2.42. The lowest BCUT2D eigenvalue weighted by Crippen LogP contribution is -2.44. The molecule has 3 unspecified atom stereocenters. The smallest absolute Gasteiger partial charge is 0.255 e. The first-order valence-electron chi connectivity index (χ1n) is 12.1.